The number of hydrogen-bond acceptors (Lipinski definition) is 3. The zero-order valence-corrected chi connectivity index (χ0v) is 16.8. The molecule has 0 aromatic heterocycles. The van der Waals surface area contributed by atoms with Crippen LogP contribution in [0.5, 0.6) is 0 Å². The number of nitrogens with zero attached hydrogens (tertiary/aromatic N) is 1. The summed E-state index contributed by atoms with van der Waals surface area (Å²) in [7, 11) is -3.77. The fraction of sp³-hybridized carbons (Fsp3) is 0.318. The Morgan fingerprint density at radius 1 is 1.10 bits per heavy atom. The summed E-state index contributed by atoms with van der Waals surface area (Å²) < 4.78 is 41.3. The molecule has 1 saturated heterocycles. The fourth-order valence-electron chi connectivity index (χ4n) is 3.77. The van der Waals surface area contributed by atoms with Crippen LogP contribution in [0.25, 0.3) is 0 Å². The Kier molecular flexibility index (Phi) is 9.25. The summed E-state index contributed by atoms with van der Waals surface area (Å²) in [5.41, 5.74) is 0.916. The van der Waals surface area contributed by atoms with Crippen molar-refractivity contribution < 1.29 is 22.7 Å². The number of rotatable bonds is 8. The first-order valence-corrected chi connectivity index (χ1v) is 11.0. The van der Waals surface area contributed by atoms with Crippen molar-refractivity contribution in [1.82, 2.24) is 4.31 Å². The molecule has 2 aromatic carbocycles. The van der Waals surface area contributed by atoms with Crippen LogP contribution in [0.1, 0.15) is 37.3 Å². The molecule has 1 heterocycles. The van der Waals surface area contributed by atoms with E-state index >= 15 is 0 Å². The second kappa shape index (κ2) is 11.2. The molecule has 156 valence electrons. The molecule has 3 rings (SSSR count). The maximum atomic E-state index is 13.3. The van der Waals surface area contributed by atoms with E-state index in [4.69, 9.17) is 5.11 Å². The summed E-state index contributed by atoms with van der Waals surface area (Å²) in [6.45, 7) is 0.382. The van der Waals surface area contributed by atoms with Crippen molar-refractivity contribution in [2.75, 3.05) is 6.54 Å². The minimum atomic E-state index is -3.77. The number of halogens is 1. The molecule has 5 nitrogen and oxygen atoms in total. The molecule has 1 fully saturated rings. The van der Waals surface area contributed by atoms with Crippen molar-refractivity contribution in [3.05, 3.63) is 78.1 Å². The van der Waals surface area contributed by atoms with Gasteiger partial charge in [0.25, 0.3) is 0 Å². The van der Waals surface area contributed by atoms with Gasteiger partial charge in [-0.15, -0.1) is 0 Å². The summed E-state index contributed by atoms with van der Waals surface area (Å²) in [6.07, 6.45) is 5.67. The number of hydrogen-bond donors (Lipinski definition) is 1. The normalized spacial score (nSPS) is 19.6. The van der Waals surface area contributed by atoms with Gasteiger partial charge in [-0.25, -0.2) is 12.8 Å². The molecule has 0 spiro atoms. The topological polar surface area (TPSA) is 74.7 Å². The molecule has 30 heavy (non-hydrogen) atoms. The van der Waals surface area contributed by atoms with E-state index in [1.165, 1.54) is 16.4 Å². The van der Waals surface area contributed by atoms with Crippen molar-refractivity contribution in [2.45, 2.75) is 36.6 Å². The molecule has 0 amide bonds. The van der Waals surface area contributed by atoms with Crippen molar-refractivity contribution >= 4 is 45.5 Å². The van der Waals surface area contributed by atoms with Crippen LogP contribution in [0.2, 0.25) is 0 Å². The first-order chi connectivity index (χ1) is 13.9. The van der Waals surface area contributed by atoms with Gasteiger partial charge in [-0.2, -0.15) is 4.31 Å². The molecule has 0 unspecified atom stereocenters. The Hall–Kier alpha value is -1.51. The minimum absolute atomic E-state index is 0. The maximum absolute atomic E-state index is 13.3. The van der Waals surface area contributed by atoms with E-state index in [9.17, 15) is 17.6 Å². The number of carboxylic acid groups (broad SMARTS) is 1. The molecule has 1 aliphatic heterocycles. The predicted octanol–water partition coefficient (Wildman–Crippen LogP) is 3.74. The van der Waals surface area contributed by atoms with Gasteiger partial charge in [-0.3, -0.25) is 4.79 Å². The van der Waals surface area contributed by atoms with Crippen LogP contribution >= 0.6 is 0 Å². The standard InChI is InChI=1S/C22H24FNO4S.Na.H/c23-19-11-13-20(14-12-19)29(27,28)24-16-15-18(9-5-2-6-10-21(25)26)22(24)17-7-3-1-4-8-17;;/h1-5,7-8,11-14,18,22H,6,9-10,15-16H2,(H,25,26);;/b5-2-;;/t18-,22-;;/m1../s1. The van der Waals surface area contributed by atoms with Crippen LogP contribution < -0.4 is 0 Å². The zero-order valence-electron chi connectivity index (χ0n) is 15.9. The number of benzene rings is 2. The number of carbonyl (C=O) groups is 1. The van der Waals surface area contributed by atoms with Crippen LogP contribution in [-0.2, 0) is 14.8 Å². The third kappa shape index (κ3) is 6.02. The van der Waals surface area contributed by atoms with Gasteiger partial charge in [0, 0.05) is 13.0 Å². The number of sulfonamides is 1. The average molecular weight is 442 g/mol. The van der Waals surface area contributed by atoms with Crippen molar-refractivity contribution in [3.63, 3.8) is 0 Å². The first-order valence-electron chi connectivity index (χ1n) is 9.59. The van der Waals surface area contributed by atoms with E-state index < -0.39 is 21.8 Å². The first kappa shape index (κ1) is 24.8. The third-order valence-electron chi connectivity index (χ3n) is 5.17. The zero-order chi connectivity index (χ0) is 20.9. The van der Waals surface area contributed by atoms with Gasteiger partial charge in [0.15, 0.2) is 0 Å². The molecule has 1 aliphatic rings. The number of allylic oxidation sites excluding steroid dienone is 2. The van der Waals surface area contributed by atoms with E-state index in [0.29, 0.717) is 25.8 Å². The summed E-state index contributed by atoms with van der Waals surface area (Å²) in [6, 6.07) is 14.1. The van der Waals surface area contributed by atoms with Gasteiger partial charge in [0.2, 0.25) is 10.0 Å². The molecule has 0 bridgehead atoms. The number of carboxylic acids is 1. The van der Waals surface area contributed by atoms with Crippen LogP contribution in [0.15, 0.2) is 71.6 Å². The summed E-state index contributed by atoms with van der Waals surface area (Å²) >= 11 is 0. The predicted molar refractivity (Wildman–Crippen MR) is 115 cm³/mol. The van der Waals surface area contributed by atoms with E-state index in [1.807, 2.05) is 42.5 Å². The molecular weight excluding hydrogens is 416 g/mol. The molecular formula is C22H25FNNaO4S. The van der Waals surface area contributed by atoms with Crippen molar-refractivity contribution in [2.24, 2.45) is 5.92 Å². The Balaban J connectivity index is 0.00000320. The second-order valence-corrected chi connectivity index (χ2v) is 9.00. The molecule has 2 aromatic rings. The summed E-state index contributed by atoms with van der Waals surface area (Å²) in [5.74, 6) is -1.24. The Labute approximate surface area is 198 Å². The summed E-state index contributed by atoms with van der Waals surface area (Å²) in [5, 5.41) is 8.73. The Morgan fingerprint density at radius 2 is 1.77 bits per heavy atom. The Morgan fingerprint density at radius 3 is 2.40 bits per heavy atom. The number of aliphatic carboxylic acids is 1. The van der Waals surface area contributed by atoms with Crippen LogP contribution in [0.4, 0.5) is 4.39 Å². The van der Waals surface area contributed by atoms with E-state index in [-0.39, 0.29) is 52.8 Å². The summed E-state index contributed by atoms with van der Waals surface area (Å²) in [4.78, 5) is 10.7. The van der Waals surface area contributed by atoms with Gasteiger partial charge >= 0.3 is 35.5 Å². The Bertz CT molecular complexity index is 964. The average Bonchev–Trinajstić information content (AvgIpc) is 3.13. The van der Waals surface area contributed by atoms with Crippen LogP contribution in [0, 0.1) is 11.7 Å². The van der Waals surface area contributed by atoms with Crippen molar-refractivity contribution in [3.8, 4) is 0 Å². The molecule has 1 N–H and O–H groups in total. The van der Waals surface area contributed by atoms with Gasteiger partial charge in [0.1, 0.15) is 5.82 Å². The molecule has 8 heteroatoms. The van der Waals surface area contributed by atoms with Gasteiger partial charge in [-0.1, -0.05) is 42.5 Å². The molecule has 0 saturated carbocycles. The molecule has 0 aliphatic carbocycles. The van der Waals surface area contributed by atoms with Crippen LogP contribution in [0.3, 0.4) is 0 Å². The van der Waals surface area contributed by atoms with Gasteiger partial charge < -0.3 is 5.11 Å². The van der Waals surface area contributed by atoms with E-state index in [2.05, 4.69) is 0 Å². The monoisotopic (exact) mass is 441 g/mol. The van der Waals surface area contributed by atoms with Gasteiger partial charge in [-0.05, 0) is 55.0 Å². The quantitative estimate of drug-likeness (QED) is 0.500. The third-order valence-corrected chi connectivity index (χ3v) is 7.06. The van der Waals surface area contributed by atoms with Crippen LogP contribution in [-0.4, -0.2) is 59.9 Å². The van der Waals surface area contributed by atoms with E-state index in [1.54, 1.807) is 0 Å². The second-order valence-electron chi connectivity index (χ2n) is 7.11. The fourth-order valence-corrected chi connectivity index (χ4v) is 5.46. The van der Waals surface area contributed by atoms with E-state index in [0.717, 1.165) is 17.7 Å². The van der Waals surface area contributed by atoms with Gasteiger partial charge in [0.05, 0.1) is 10.9 Å². The molecule has 2 atom stereocenters. The van der Waals surface area contributed by atoms with Crippen molar-refractivity contribution in [1.29, 1.82) is 0 Å². The SMILES string of the molecule is O=C(O)CC/C=C\C[C@@H]1CCN(S(=O)(=O)c2ccc(F)cc2)[C@@H]1c1ccccc1.[NaH]. The molecule has 0 radical (unpaired) electrons.